The summed E-state index contributed by atoms with van der Waals surface area (Å²) in [5.41, 5.74) is 1.08. The lowest BCUT2D eigenvalue weighted by Crippen LogP contribution is -2.27. The number of nitrogens with zero attached hydrogens (tertiary/aromatic N) is 1. The molecule has 1 fully saturated rings. The molecule has 0 unspecified atom stereocenters. The van der Waals surface area contributed by atoms with E-state index in [1.807, 2.05) is 0 Å². The molecular formula is C22H12Cl2F3NO4S. The Morgan fingerprint density at radius 2 is 1.76 bits per heavy atom. The van der Waals surface area contributed by atoms with Crippen molar-refractivity contribution in [3.63, 3.8) is 0 Å². The lowest BCUT2D eigenvalue weighted by molar-refractivity contribution is -0.274. The molecule has 0 N–H and O–H groups in total. The van der Waals surface area contributed by atoms with Crippen molar-refractivity contribution in [2.75, 3.05) is 0 Å². The van der Waals surface area contributed by atoms with Crippen LogP contribution in [-0.2, 0) is 11.3 Å². The second-order valence-corrected chi connectivity index (χ2v) is 8.61. The van der Waals surface area contributed by atoms with Gasteiger partial charge in [0, 0.05) is 21.7 Å². The lowest BCUT2D eigenvalue weighted by atomic mass is 10.2. The van der Waals surface area contributed by atoms with Crippen molar-refractivity contribution < 1.29 is 31.9 Å². The first-order chi connectivity index (χ1) is 15.6. The Balaban J connectivity index is 1.49. The zero-order valence-corrected chi connectivity index (χ0v) is 18.7. The SMILES string of the molecule is O=C1S/C(=C\c2ccc(-c3ccc(OC(F)(F)F)cc3)o2)C(=O)N1Cc1ccc(Cl)cc1Cl. The molecule has 0 bridgehead atoms. The van der Waals surface area contributed by atoms with Gasteiger partial charge in [-0.05, 0) is 65.9 Å². The highest BCUT2D eigenvalue weighted by Crippen LogP contribution is 2.35. The number of furan rings is 1. The summed E-state index contributed by atoms with van der Waals surface area (Å²) < 4.78 is 46.4. The number of hydrogen-bond acceptors (Lipinski definition) is 5. The van der Waals surface area contributed by atoms with Crippen LogP contribution in [0.25, 0.3) is 17.4 Å². The fourth-order valence-electron chi connectivity index (χ4n) is 2.99. The number of benzene rings is 2. The fraction of sp³-hybridized carbons (Fsp3) is 0.0909. The van der Waals surface area contributed by atoms with Crippen LogP contribution in [0.1, 0.15) is 11.3 Å². The summed E-state index contributed by atoms with van der Waals surface area (Å²) in [5, 5.41) is 0.325. The minimum absolute atomic E-state index is 0.00619. The molecule has 2 heterocycles. The molecular weight excluding hydrogens is 502 g/mol. The molecule has 11 heteroatoms. The molecule has 1 aromatic heterocycles. The van der Waals surface area contributed by atoms with Crippen LogP contribution in [-0.4, -0.2) is 22.4 Å². The summed E-state index contributed by atoms with van der Waals surface area (Å²) in [7, 11) is 0. The maximum Gasteiger partial charge on any atom is 0.573 e. The first-order valence-corrected chi connectivity index (χ1v) is 10.8. The van der Waals surface area contributed by atoms with Gasteiger partial charge in [0.15, 0.2) is 0 Å². The third-order valence-corrected chi connectivity index (χ3v) is 5.98. The number of halogens is 5. The second-order valence-electron chi connectivity index (χ2n) is 6.78. The first kappa shape index (κ1) is 23.3. The van der Waals surface area contributed by atoms with Crippen molar-refractivity contribution in [1.29, 1.82) is 0 Å². The zero-order chi connectivity index (χ0) is 23.8. The molecule has 4 rings (SSSR count). The molecule has 33 heavy (non-hydrogen) atoms. The number of carbonyl (C=O) groups is 2. The average Bonchev–Trinajstić information content (AvgIpc) is 3.29. The van der Waals surface area contributed by atoms with Gasteiger partial charge in [0.1, 0.15) is 17.3 Å². The Bertz CT molecular complexity index is 1260. The molecule has 0 spiro atoms. The fourth-order valence-corrected chi connectivity index (χ4v) is 4.28. The number of carbonyl (C=O) groups excluding carboxylic acids is 2. The number of rotatable bonds is 5. The van der Waals surface area contributed by atoms with Crippen LogP contribution in [0.4, 0.5) is 18.0 Å². The number of thioether (sulfide) groups is 1. The number of hydrogen-bond donors (Lipinski definition) is 0. The topological polar surface area (TPSA) is 59.8 Å². The largest absolute Gasteiger partial charge is 0.573 e. The maximum absolute atomic E-state index is 12.7. The third kappa shape index (κ3) is 5.55. The molecule has 1 aliphatic rings. The molecule has 3 aromatic rings. The van der Waals surface area contributed by atoms with E-state index in [9.17, 15) is 22.8 Å². The summed E-state index contributed by atoms with van der Waals surface area (Å²) >= 11 is 12.8. The maximum atomic E-state index is 12.7. The highest BCUT2D eigenvalue weighted by molar-refractivity contribution is 8.18. The van der Waals surface area contributed by atoms with Gasteiger partial charge in [-0.15, -0.1) is 13.2 Å². The smallest absolute Gasteiger partial charge is 0.457 e. The van der Waals surface area contributed by atoms with Crippen molar-refractivity contribution in [3.8, 4) is 17.1 Å². The first-order valence-electron chi connectivity index (χ1n) is 9.24. The summed E-state index contributed by atoms with van der Waals surface area (Å²) in [6.45, 7) is -0.00619. The van der Waals surface area contributed by atoms with E-state index in [4.69, 9.17) is 27.6 Å². The van der Waals surface area contributed by atoms with Crippen molar-refractivity contribution >= 4 is 52.2 Å². The van der Waals surface area contributed by atoms with E-state index in [1.165, 1.54) is 24.3 Å². The molecule has 5 nitrogen and oxygen atoms in total. The number of ether oxygens (including phenoxy) is 1. The van der Waals surface area contributed by atoms with Gasteiger partial charge < -0.3 is 9.15 Å². The van der Waals surface area contributed by atoms with Crippen molar-refractivity contribution in [3.05, 3.63) is 80.9 Å². The second kappa shape index (κ2) is 9.17. The van der Waals surface area contributed by atoms with Gasteiger partial charge in [-0.3, -0.25) is 14.5 Å². The minimum Gasteiger partial charge on any atom is -0.457 e. The summed E-state index contributed by atoms with van der Waals surface area (Å²) in [4.78, 5) is 26.3. The van der Waals surface area contributed by atoms with E-state index in [2.05, 4.69) is 4.74 Å². The normalized spacial score (nSPS) is 15.5. The van der Waals surface area contributed by atoms with Crippen molar-refractivity contribution in [2.24, 2.45) is 0 Å². The van der Waals surface area contributed by atoms with Crippen LogP contribution in [0.2, 0.25) is 10.0 Å². The van der Waals surface area contributed by atoms with Gasteiger partial charge >= 0.3 is 6.36 Å². The van der Waals surface area contributed by atoms with Gasteiger partial charge in [0.2, 0.25) is 0 Å². The highest BCUT2D eigenvalue weighted by atomic mass is 35.5. The number of amides is 2. The molecule has 0 aliphatic carbocycles. The third-order valence-electron chi connectivity index (χ3n) is 4.49. The molecule has 1 aliphatic heterocycles. The monoisotopic (exact) mass is 513 g/mol. The Morgan fingerprint density at radius 3 is 2.42 bits per heavy atom. The zero-order valence-electron chi connectivity index (χ0n) is 16.4. The Labute approximate surface area is 199 Å². The molecule has 0 radical (unpaired) electrons. The van der Waals surface area contributed by atoms with E-state index in [0.29, 0.717) is 32.7 Å². The van der Waals surface area contributed by atoms with Crippen LogP contribution in [0, 0.1) is 0 Å². The lowest BCUT2D eigenvalue weighted by Gasteiger charge is -2.13. The Kier molecular flexibility index (Phi) is 6.47. The number of alkyl halides is 3. The van der Waals surface area contributed by atoms with Crippen molar-refractivity contribution in [1.82, 2.24) is 4.90 Å². The number of imide groups is 1. The highest BCUT2D eigenvalue weighted by Gasteiger charge is 2.35. The van der Waals surface area contributed by atoms with Crippen LogP contribution >= 0.6 is 35.0 Å². The molecule has 2 amide bonds. The minimum atomic E-state index is -4.78. The van der Waals surface area contributed by atoms with Crippen LogP contribution < -0.4 is 4.74 Å². The van der Waals surface area contributed by atoms with Gasteiger partial charge in [0.25, 0.3) is 11.1 Å². The van der Waals surface area contributed by atoms with Crippen molar-refractivity contribution in [2.45, 2.75) is 12.9 Å². The molecule has 0 saturated carbocycles. The molecule has 1 saturated heterocycles. The summed E-state index contributed by atoms with van der Waals surface area (Å²) in [5.74, 6) is -0.183. The van der Waals surface area contributed by atoms with E-state index >= 15 is 0 Å². The Morgan fingerprint density at radius 1 is 1.03 bits per heavy atom. The van der Waals surface area contributed by atoms with Crippen LogP contribution in [0.5, 0.6) is 5.75 Å². The molecule has 2 aromatic carbocycles. The van der Waals surface area contributed by atoms with Gasteiger partial charge in [-0.25, -0.2) is 0 Å². The van der Waals surface area contributed by atoms with E-state index in [0.717, 1.165) is 28.8 Å². The summed E-state index contributed by atoms with van der Waals surface area (Å²) in [6.07, 6.45) is -3.35. The average molecular weight is 514 g/mol. The summed E-state index contributed by atoms with van der Waals surface area (Å²) in [6, 6.07) is 13.1. The predicted molar refractivity (Wildman–Crippen MR) is 119 cm³/mol. The quantitative estimate of drug-likeness (QED) is 0.333. The molecule has 170 valence electrons. The van der Waals surface area contributed by atoms with E-state index < -0.39 is 17.5 Å². The van der Waals surface area contributed by atoms with E-state index in [1.54, 1.807) is 24.3 Å². The van der Waals surface area contributed by atoms with Crippen LogP contribution in [0.15, 0.2) is 63.9 Å². The standard InChI is InChI=1S/C22H12Cl2F3NO4S/c23-14-4-1-13(17(24)9-14)11-28-20(29)19(33-21(28)30)10-16-7-8-18(31-16)12-2-5-15(6-3-12)32-22(25,26)27/h1-10H,11H2/b19-10-. The van der Waals surface area contributed by atoms with E-state index in [-0.39, 0.29) is 17.2 Å². The van der Waals surface area contributed by atoms with Crippen LogP contribution in [0.3, 0.4) is 0 Å². The van der Waals surface area contributed by atoms with Gasteiger partial charge in [0.05, 0.1) is 11.4 Å². The van der Waals surface area contributed by atoms with Gasteiger partial charge in [-0.2, -0.15) is 0 Å². The predicted octanol–water partition coefficient (Wildman–Crippen LogP) is 7.39. The van der Waals surface area contributed by atoms with Gasteiger partial charge in [-0.1, -0.05) is 29.3 Å². The molecule has 0 atom stereocenters. The Hall–Kier alpha value is -2.88.